The Kier molecular flexibility index (Phi) is 6.90. The number of carbonyl (C=O) groups is 2. The zero-order chi connectivity index (χ0) is 21.5. The number of halogens is 1. The maximum atomic E-state index is 14.4. The van der Waals surface area contributed by atoms with Crippen molar-refractivity contribution in [1.82, 2.24) is 0 Å². The number of hydrogen-bond acceptors (Lipinski definition) is 5. The number of para-hydroxylation sites is 1. The second-order valence-electron chi connectivity index (χ2n) is 6.82. The van der Waals surface area contributed by atoms with Gasteiger partial charge in [0.2, 0.25) is 5.91 Å². The topological polar surface area (TPSA) is 93.9 Å². The van der Waals surface area contributed by atoms with Gasteiger partial charge in [0.15, 0.2) is 18.1 Å². The van der Waals surface area contributed by atoms with Crippen LogP contribution in [0.25, 0.3) is 6.08 Å². The van der Waals surface area contributed by atoms with Crippen molar-refractivity contribution in [2.45, 2.75) is 12.8 Å². The molecule has 3 N–H and O–H groups in total. The van der Waals surface area contributed by atoms with Gasteiger partial charge in [-0.1, -0.05) is 12.1 Å². The summed E-state index contributed by atoms with van der Waals surface area (Å²) in [4.78, 5) is 25.4. The number of nitrogens with two attached hydrogens (primary N) is 1. The Morgan fingerprint density at radius 2 is 1.97 bits per heavy atom. The van der Waals surface area contributed by atoms with Crippen molar-refractivity contribution < 1.29 is 23.5 Å². The normalized spacial score (nSPS) is 13.5. The lowest BCUT2D eigenvalue weighted by molar-refractivity contribution is -0.120. The second kappa shape index (κ2) is 9.78. The molecule has 8 heteroatoms. The van der Waals surface area contributed by atoms with Crippen LogP contribution in [0.1, 0.15) is 18.4 Å². The molecule has 0 radical (unpaired) electrons. The number of amides is 2. The number of methoxy groups -OCH3 is 1. The van der Waals surface area contributed by atoms with Crippen molar-refractivity contribution in [3.8, 4) is 11.5 Å². The van der Waals surface area contributed by atoms with Crippen LogP contribution in [0.2, 0.25) is 0 Å². The third kappa shape index (κ3) is 5.28. The number of carbonyl (C=O) groups excluding carboxylic acids is 2. The minimum atomic E-state index is -0.598. The molecule has 158 valence electrons. The molecule has 0 atom stereocenters. The number of benzene rings is 2. The maximum Gasteiger partial charge on any atom is 0.255 e. The Morgan fingerprint density at radius 1 is 1.20 bits per heavy atom. The Balaban J connectivity index is 1.71. The third-order valence-corrected chi connectivity index (χ3v) is 4.67. The van der Waals surface area contributed by atoms with E-state index in [1.165, 1.54) is 19.3 Å². The van der Waals surface area contributed by atoms with Gasteiger partial charge < -0.3 is 25.4 Å². The molecular formula is C22H24FN3O4. The van der Waals surface area contributed by atoms with E-state index in [1.807, 2.05) is 6.07 Å². The molecule has 1 aliphatic heterocycles. The SMILES string of the molecule is COc1cc(/C=C/C(=O)Nc2c(F)cccc2N2CCCC2)ccc1OCC(N)=O. The molecule has 0 spiro atoms. The van der Waals surface area contributed by atoms with Crippen molar-refractivity contribution in [3.05, 3.63) is 53.9 Å². The summed E-state index contributed by atoms with van der Waals surface area (Å²) in [6.07, 6.45) is 4.99. The van der Waals surface area contributed by atoms with Gasteiger partial charge >= 0.3 is 0 Å². The highest BCUT2D eigenvalue weighted by Gasteiger charge is 2.19. The van der Waals surface area contributed by atoms with Crippen LogP contribution < -0.4 is 25.4 Å². The fourth-order valence-corrected chi connectivity index (χ4v) is 3.25. The van der Waals surface area contributed by atoms with Crippen LogP contribution in [0.15, 0.2) is 42.5 Å². The van der Waals surface area contributed by atoms with Crippen molar-refractivity contribution >= 4 is 29.3 Å². The van der Waals surface area contributed by atoms with Gasteiger partial charge in [-0.25, -0.2) is 4.39 Å². The first kappa shape index (κ1) is 21.2. The van der Waals surface area contributed by atoms with Gasteiger partial charge in [-0.2, -0.15) is 0 Å². The molecule has 1 heterocycles. The van der Waals surface area contributed by atoms with E-state index in [0.29, 0.717) is 22.7 Å². The van der Waals surface area contributed by atoms with Crippen LogP contribution in [-0.4, -0.2) is 38.6 Å². The summed E-state index contributed by atoms with van der Waals surface area (Å²) < 4.78 is 24.9. The average Bonchev–Trinajstić information content (AvgIpc) is 3.27. The first-order chi connectivity index (χ1) is 14.5. The largest absolute Gasteiger partial charge is 0.493 e. The van der Waals surface area contributed by atoms with Gasteiger partial charge in [-0.05, 0) is 48.7 Å². The van der Waals surface area contributed by atoms with E-state index in [0.717, 1.165) is 25.9 Å². The lowest BCUT2D eigenvalue weighted by atomic mass is 10.2. The van der Waals surface area contributed by atoms with Crippen molar-refractivity contribution in [1.29, 1.82) is 0 Å². The Hall–Kier alpha value is -3.55. The molecule has 2 aromatic carbocycles. The second-order valence-corrected chi connectivity index (χ2v) is 6.82. The molecule has 3 rings (SSSR count). The standard InChI is InChI=1S/C22H24FN3O4/c1-29-19-13-15(7-9-18(19)30-14-20(24)27)8-10-21(28)25-22-16(23)5-4-6-17(22)26-11-2-3-12-26/h4-10,13H,2-3,11-12,14H2,1H3,(H2,24,27)(H,25,28)/b10-8+. The lowest BCUT2D eigenvalue weighted by Gasteiger charge is -2.21. The van der Waals surface area contributed by atoms with E-state index in [4.69, 9.17) is 15.2 Å². The fourth-order valence-electron chi connectivity index (χ4n) is 3.25. The Bertz CT molecular complexity index is 955. The molecule has 1 saturated heterocycles. The van der Waals surface area contributed by atoms with Gasteiger partial charge in [-0.15, -0.1) is 0 Å². The van der Waals surface area contributed by atoms with Crippen LogP contribution >= 0.6 is 0 Å². The quantitative estimate of drug-likeness (QED) is 0.649. The van der Waals surface area contributed by atoms with Crippen molar-refractivity contribution in [2.24, 2.45) is 5.73 Å². The van der Waals surface area contributed by atoms with Crippen LogP contribution in [-0.2, 0) is 9.59 Å². The fraction of sp³-hybridized carbons (Fsp3) is 0.273. The van der Waals surface area contributed by atoms with E-state index >= 15 is 0 Å². The predicted octanol–water partition coefficient (Wildman–Crippen LogP) is 2.95. The van der Waals surface area contributed by atoms with E-state index in [-0.39, 0.29) is 12.3 Å². The Morgan fingerprint density at radius 3 is 2.67 bits per heavy atom. The number of anilines is 2. The van der Waals surface area contributed by atoms with E-state index in [2.05, 4.69) is 10.2 Å². The molecule has 1 fully saturated rings. The number of hydrogen-bond donors (Lipinski definition) is 2. The molecule has 1 aliphatic rings. The number of primary amides is 1. The van der Waals surface area contributed by atoms with Crippen molar-refractivity contribution in [2.75, 3.05) is 37.0 Å². The molecule has 0 saturated carbocycles. The molecule has 0 aliphatic carbocycles. The third-order valence-electron chi connectivity index (χ3n) is 4.67. The molecule has 30 heavy (non-hydrogen) atoms. The van der Waals surface area contributed by atoms with Gasteiger partial charge in [0.05, 0.1) is 12.8 Å². The molecular weight excluding hydrogens is 389 g/mol. The highest BCUT2D eigenvalue weighted by atomic mass is 19.1. The molecule has 7 nitrogen and oxygen atoms in total. The first-order valence-electron chi connectivity index (χ1n) is 9.59. The zero-order valence-electron chi connectivity index (χ0n) is 16.7. The highest BCUT2D eigenvalue weighted by molar-refractivity contribution is 6.04. The maximum absolute atomic E-state index is 14.4. The molecule has 2 amide bonds. The lowest BCUT2D eigenvalue weighted by Crippen LogP contribution is -2.21. The molecule has 2 aromatic rings. The minimum Gasteiger partial charge on any atom is -0.493 e. The Labute approximate surface area is 174 Å². The number of nitrogens with one attached hydrogen (secondary N) is 1. The zero-order valence-corrected chi connectivity index (χ0v) is 16.7. The molecule has 0 bridgehead atoms. The minimum absolute atomic E-state index is 0.182. The summed E-state index contributed by atoms with van der Waals surface area (Å²) in [5.41, 5.74) is 6.61. The monoisotopic (exact) mass is 413 g/mol. The predicted molar refractivity (Wildman–Crippen MR) is 113 cm³/mol. The number of rotatable bonds is 8. The number of nitrogens with zero attached hydrogens (tertiary/aromatic N) is 1. The summed E-state index contributed by atoms with van der Waals surface area (Å²) in [5.74, 6) is -0.768. The van der Waals surface area contributed by atoms with Crippen LogP contribution in [0.4, 0.5) is 15.8 Å². The van der Waals surface area contributed by atoms with Gasteiger partial charge in [0.1, 0.15) is 11.5 Å². The van der Waals surface area contributed by atoms with Crippen LogP contribution in [0.3, 0.4) is 0 Å². The summed E-state index contributed by atoms with van der Waals surface area (Å²) in [7, 11) is 1.46. The van der Waals surface area contributed by atoms with Gasteiger partial charge in [0.25, 0.3) is 5.91 Å². The van der Waals surface area contributed by atoms with Gasteiger partial charge in [-0.3, -0.25) is 9.59 Å². The van der Waals surface area contributed by atoms with E-state index in [1.54, 1.807) is 30.3 Å². The van der Waals surface area contributed by atoms with Gasteiger partial charge in [0, 0.05) is 19.2 Å². The summed E-state index contributed by atoms with van der Waals surface area (Å²) >= 11 is 0. The van der Waals surface area contributed by atoms with Crippen LogP contribution in [0, 0.1) is 5.82 Å². The summed E-state index contributed by atoms with van der Waals surface area (Å²) in [6, 6.07) is 9.74. The first-order valence-corrected chi connectivity index (χ1v) is 9.59. The van der Waals surface area contributed by atoms with Crippen molar-refractivity contribution in [3.63, 3.8) is 0 Å². The van der Waals surface area contributed by atoms with E-state index in [9.17, 15) is 14.0 Å². The average molecular weight is 413 g/mol. The van der Waals surface area contributed by atoms with E-state index < -0.39 is 17.6 Å². The summed E-state index contributed by atoms with van der Waals surface area (Å²) in [6.45, 7) is 1.41. The highest BCUT2D eigenvalue weighted by Crippen LogP contribution is 2.31. The number of ether oxygens (including phenoxy) is 2. The summed E-state index contributed by atoms with van der Waals surface area (Å²) in [5, 5.41) is 2.65. The smallest absolute Gasteiger partial charge is 0.255 e. The molecule has 0 aromatic heterocycles. The molecule has 0 unspecified atom stereocenters. The van der Waals surface area contributed by atoms with Crippen LogP contribution in [0.5, 0.6) is 11.5 Å².